The van der Waals surface area contributed by atoms with Crippen LogP contribution in [0.5, 0.6) is 0 Å². The Morgan fingerprint density at radius 2 is 1.67 bits per heavy atom. The van der Waals surface area contributed by atoms with E-state index in [2.05, 4.69) is 55.4 Å². The van der Waals surface area contributed by atoms with E-state index < -0.39 is 0 Å². The molecule has 0 saturated heterocycles. The fourth-order valence-corrected chi connectivity index (χ4v) is 2.33. The van der Waals surface area contributed by atoms with Gasteiger partial charge < -0.3 is 0 Å². The van der Waals surface area contributed by atoms with Crippen molar-refractivity contribution in [3.8, 4) is 0 Å². The molecule has 0 aliphatic carbocycles. The molecule has 0 N–H and O–H groups in total. The topological polar surface area (TPSA) is 12.4 Å². The van der Waals surface area contributed by atoms with Gasteiger partial charge in [-0.15, -0.1) is 0 Å². The van der Waals surface area contributed by atoms with Crippen LogP contribution >= 0.6 is 0 Å². The van der Waals surface area contributed by atoms with E-state index in [1.807, 2.05) is 0 Å². The maximum Gasteiger partial charge on any atom is 0.0524 e. The van der Waals surface area contributed by atoms with Gasteiger partial charge in [-0.1, -0.05) is 61.3 Å². The zero-order valence-corrected chi connectivity index (χ0v) is 14.0. The molecule has 0 radical (unpaired) electrons. The quantitative estimate of drug-likeness (QED) is 0.489. The minimum absolute atomic E-state index is 0.451. The standard InChI is InChI=1S/C17H35N/c1-9-11-16(18-15(6)13(3)4)14(5)12-17(7,8)10-2/h13-14,16H,9-12H2,1-8H3. The van der Waals surface area contributed by atoms with Crippen molar-refractivity contribution in [1.29, 1.82) is 0 Å². The van der Waals surface area contributed by atoms with Crippen molar-refractivity contribution in [1.82, 2.24) is 0 Å². The van der Waals surface area contributed by atoms with E-state index in [4.69, 9.17) is 4.99 Å². The van der Waals surface area contributed by atoms with E-state index in [0.29, 0.717) is 23.3 Å². The SMILES string of the molecule is CCCC(N=C(C)C(C)C)C(C)CC(C)(C)CC. The molecular weight excluding hydrogens is 218 g/mol. The number of nitrogens with zero attached hydrogens (tertiary/aromatic N) is 1. The van der Waals surface area contributed by atoms with Gasteiger partial charge >= 0.3 is 0 Å². The summed E-state index contributed by atoms with van der Waals surface area (Å²) in [5.41, 5.74) is 1.77. The van der Waals surface area contributed by atoms with Crippen LogP contribution in [-0.4, -0.2) is 11.8 Å². The summed E-state index contributed by atoms with van der Waals surface area (Å²) in [6.07, 6.45) is 4.99. The lowest BCUT2D eigenvalue weighted by atomic mass is 9.78. The second-order valence-corrected chi connectivity index (χ2v) is 6.98. The predicted molar refractivity (Wildman–Crippen MR) is 84.5 cm³/mol. The summed E-state index contributed by atoms with van der Waals surface area (Å²) in [5.74, 6) is 1.27. The van der Waals surface area contributed by atoms with Crippen LogP contribution in [0.4, 0.5) is 0 Å². The first-order valence-corrected chi connectivity index (χ1v) is 7.77. The molecule has 0 aromatic rings. The second-order valence-electron chi connectivity index (χ2n) is 6.98. The minimum Gasteiger partial charge on any atom is -0.291 e. The van der Waals surface area contributed by atoms with Gasteiger partial charge in [0, 0.05) is 5.71 Å². The summed E-state index contributed by atoms with van der Waals surface area (Å²) in [4.78, 5) is 5.00. The highest BCUT2D eigenvalue weighted by Crippen LogP contribution is 2.32. The van der Waals surface area contributed by atoms with E-state index in [-0.39, 0.29) is 0 Å². The first-order chi connectivity index (χ1) is 8.23. The monoisotopic (exact) mass is 253 g/mol. The zero-order chi connectivity index (χ0) is 14.3. The summed E-state index contributed by atoms with van der Waals surface area (Å²) in [5, 5.41) is 0. The van der Waals surface area contributed by atoms with Gasteiger partial charge in [-0.05, 0) is 37.0 Å². The highest BCUT2D eigenvalue weighted by molar-refractivity contribution is 5.83. The summed E-state index contributed by atoms with van der Waals surface area (Å²) in [7, 11) is 0. The van der Waals surface area contributed by atoms with E-state index in [9.17, 15) is 0 Å². The maximum absolute atomic E-state index is 5.00. The molecule has 0 saturated carbocycles. The average molecular weight is 253 g/mol. The van der Waals surface area contributed by atoms with Crippen molar-refractivity contribution in [2.75, 3.05) is 0 Å². The molecule has 0 amide bonds. The van der Waals surface area contributed by atoms with Crippen LogP contribution in [0.3, 0.4) is 0 Å². The number of hydrogen-bond acceptors (Lipinski definition) is 1. The fraction of sp³-hybridized carbons (Fsp3) is 0.941. The van der Waals surface area contributed by atoms with Crippen molar-refractivity contribution >= 4 is 5.71 Å². The third-order valence-corrected chi connectivity index (χ3v) is 4.28. The number of hydrogen-bond donors (Lipinski definition) is 0. The molecule has 1 nitrogen and oxygen atoms in total. The van der Waals surface area contributed by atoms with Gasteiger partial charge in [0.25, 0.3) is 0 Å². The molecule has 0 aliphatic rings. The van der Waals surface area contributed by atoms with Crippen molar-refractivity contribution in [2.24, 2.45) is 22.2 Å². The smallest absolute Gasteiger partial charge is 0.0524 e. The van der Waals surface area contributed by atoms with E-state index in [0.717, 1.165) is 0 Å². The highest BCUT2D eigenvalue weighted by Gasteiger charge is 2.24. The van der Waals surface area contributed by atoms with Crippen LogP contribution in [0.15, 0.2) is 4.99 Å². The summed E-state index contributed by atoms with van der Waals surface area (Å²) >= 11 is 0. The van der Waals surface area contributed by atoms with Crippen LogP contribution in [0.25, 0.3) is 0 Å². The Hall–Kier alpha value is -0.330. The van der Waals surface area contributed by atoms with Gasteiger partial charge in [-0.2, -0.15) is 0 Å². The third-order valence-electron chi connectivity index (χ3n) is 4.28. The maximum atomic E-state index is 5.00. The van der Waals surface area contributed by atoms with Crippen LogP contribution < -0.4 is 0 Å². The lowest BCUT2D eigenvalue weighted by Gasteiger charge is -2.30. The van der Waals surface area contributed by atoms with Gasteiger partial charge in [0.1, 0.15) is 0 Å². The Labute approximate surface area is 115 Å². The van der Waals surface area contributed by atoms with Crippen molar-refractivity contribution in [3.63, 3.8) is 0 Å². The van der Waals surface area contributed by atoms with Crippen LogP contribution in [0, 0.1) is 17.3 Å². The second kappa shape index (κ2) is 7.96. The van der Waals surface area contributed by atoms with Gasteiger partial charge in [-0.3, -0.25) is 4.99 Å². The Bertz CT molecular complexity index is 250. The zero-order valence-electron chi connectivity index (χ0n) is 14.0. The van der Waals surface area contributed by atoms with Gasteiger partial charge in [0.05, 0.1) is 6.04 Å². The van der Waals surface area contributed by atoms with Crippen LogP contribution in [-0.2, 0) is 0 Å². The Morgan fingerprint density at radius 1 is 1.11 bits per heavy atom. The van der Waals surface area contributed by atoms with Crippen LogP contribution in [0.2, 0.25) is 0 Å². The highest BCUT2D eigenvalue weighted by atomic mass is 14.8. The van der Waals surface area contributed by atoms with Gasteiger partial charge in [0.2, 0.25) is 0 Å². The molecule has 108 valence electrons. The molecule has 0 aromatic heterocycles. The Balaban J connectivity index is 4.74. The van der Waals surface area contributed by atoms with Crippen molar-refractivity contribution in [2.45, 2.75) is 87.1 Å². The summed E-state index contributed by atoms with van der Waals surface area (Å²) in [6.45, 7) is 18.4. The molecule has 2 unspecified atom stereocenters. The molecule has 0 bridgehead atoms. The minimum atomic E-state index is 0.451. The summed E-state index contributed by atoms with van der Waals surface area (Å²) < 4.78 is 0. The molecule has 2 atom stereocenters. The summed E-state index contributed by atoms with van der Waals surface area (Å²) in [6, 6.07) is 0.517. The van der Waals surface area contributed by atoms with Gasteiger partial charge in [0.15, 0.2) is 0 Å². The first-order valence-electron chi connectivity index (χ1n) is 7.77. The molecular formula is C17H35N. The molecule has 0 spiro atoms. The molecule has 0 rings (SSSR count). The normalized spacial score (nSPS) is 17.1. The van der Waals surface area contributed by atoms with E-state index >= 15 is 0 Å². The largest absolute Gasteiger partial charge is 0.291 e. The van der Waals surface area contributed by atoms with Crippen molar-refractivity contribution in [3.05, 3.63) is 0 Å². The lowest BCUT2D eigenvalue weighted by Crippen LogP contribution is -2.24. The lowest BCUT2D eigenvalue weighted by molar-refractivity contribution is 0.240. The van der Waals surface area contributed by atoms with Crippen LogP contribution in [0.1, 0.15) is 81.1 Å². The van der Waals surface area contributed by atoms with E-state index in [1.54, 1.807) is 0 Å². The molecule has 0 aliphatic heterocycles. The van der Waals surface area contributed by atoms with E-state index in [1.165, 1.54) is 31.4 Å². The average Bonchev–Trinajstić information content (AvgIpc) is 2.27. The van der Waals surface area contributed by atoms with Gasteiger partial charge in [-0.25, -0.2) is 0 Å². The molecule has 18 heavy (non-hydrogen) atoms. The molecule has 1 heteroatoms. The molecule has 0 fully saturated rings. The fourth-order valence-electron chi connectivity index (χ4n) is 2.33. The Kier molecular flexibility index (Phi) is 7.82. The predicted octanol–water partition coefficient (Wildman–Crippen LogP) is 5.73. The molecule has 0 aromatic carbocycles. The first kappa shape index (κ1) is 17.7. The molecule has 0 heterocycles. The number of aliphatic imine (C=N–C) groups is 1. The third kappa shape index (κ3) is 6.56. The Morgan fingerprint density at radius 3 is 2.06 bits per heavy atom. The van der Waals surface area contributed by atoms with Crippen molar-refractivity contribution < 1.29 is 0 Å². The number of rotatable bonds is 8.